The second kappa shape index (κ2) is 6.73. The molecule has 0 radical (unpaired) electrons. The first kappa shape index (κ1) is 15.5. The van der Waals surface area contributed by atoms with Crippen molar-refractivity contribution in [3.05, 3.63) is 35.9 Å². The maximum atomic E-state index is 3.73. The van der Waals surface area contributed by atoms with E-state index < -0.39 is 0 Å². The van der Waals surface area contributed by atoms with Crippen LogP contribution in [0.3, 0.4) is 0 Å². The molecule has 1 N–H and O–H groups in total. The van der Waals surface area contributed by atoms with Crippen LogP contribution in [0.4, 0.5) is 0 Å². The Morgan fingerprint density at radius 2 is 1.85 bits per heavy atom. The Labute approximate surface area is 124 Å². The van der Waals surface area contributed by atoms with Gasteiger partial charge in [0.25, 0.3) is 0 Å². The summed E-state index contributed by atoms with van der Waals surface area (Å²) >= 11 is 0. The summed E-state index contributed by atoms with van der Waals surface area (Å²) in [7, 11) is 0. The third-order valence-electron chi connectivity index (χ3n) is 5.15. The van der Waals surface area contributed by atoms with Gasteiger partial charge in [0.05, 0.1) is 5.54 Å². The van der Waals surface area contributed by atoms with Crippen molar-refractivity contribution in [1.29, 1.82) is 0 Å². The van der Waals surface area contributed by atoms with Gasteiger partial charge in [-0.15, -0.1) is 0 Å². The van der Waals surface area contributed by atoms with Gasteiger partial charge in [-0.2, -0.15) is 0 Å². The second-order valence-electron chi connectivity index (χ2n) is 6.41. The zero-order valence-corrected chi connectivity index (χ0v) is 13.5. The molecule has 0 aliphatic carbocycles. The van der Waals surface area contributed by atoms with Gasteiger partial charge in [-0.25, -0.2) is 0 Å². The lowest BCUT2D eigenvalue weighted by Gasteiger charge is -2.46. The van der Waals surface area contributed by atoms with Crippen LogP contribution in [0.25, 0.3) is 0 Å². The Balaban J connectivity index is 2.12. The predicted molar refractivity (Wildman–Crippen MR) is 86.9 cm³/mol. The molecule has 1 aromatic carbocycles. The van der Waals surface area contributed by atoms with Crippen LogP contribution in [0, 0.1) is 5.92 Å². The molecule has 2 nitrogen and oxygen atoms in total. The van der Waals surface area contributed by atoms with Crippen LogP contribution in [0.1, 0.15) is 46.1 Å². The van der Waals surface area contributed by atoms with Gasteiger partial charge in [-0.05, 0) is 25.3 Å². The highest BCUT2D eigenvalue weighted by Gasteiger charge is 2.35. The highest BCUT2D eigenvalue weighted by atomic mass is 15.2. The van der Waals surface area contributed by atoms with E-state index in [1.165, 1.54) is 24.9 Å². The third-order valence-corrected chi connectivity index (χ3v) is 5.15. The fraction of sp³-hybridized carbons (Fsp3) is 0.667. The molecule has 1 aliphatic heterocycles. The van der Waals surface area contributed by atoms with Gasteiger partial charge in [-0.3, -0.25) is 4.90 Å². The van der Waals surface area contributed by atoms with Crippen LogP contribution >= 0.6 is 0 Å². The van der Waals surface area contributed by atoms with Gasteiger partial charge in [-0.1, -0.05) is 57.0 Å². The largest absolute Gasteiger partial charge is 0.305 e. The van der Waals surface area contributed by atoms with Crippen LogP contribution in [0.5, 0.6) is 0 Å². The summed E-state index contributed by atoms with van der Waals surface area (Å²) in [6.45, 7) is 12.7. The zero-order valence-electron chi connectivity index (χ0n) is 13.5. The molecule has 0 amide bonds. The van der Waals surface area contributed by atoms with E-state index in [1.54, 1.807) is 0 Å². The molecule has 2 unspecified atom stereocenters. The summed E-state index contributed by atoms with van der Waals surface area (Å²) in [4.78, 5) is 2.68. The van der Waals surface area contributed by atoms with Crippen molar-refractivity contribution in [3.63, 3.8) is 0 Å². The molecule has 0 aromatic heterocycles. The Morgan fingerprint density at radius 1 is 1.20 bits per heavy atom. The Bertz CT molecular complexity index is 399. The van der Waals surface area contributed by atoms with E-state index in [9.17, 15) is 0 Å². The first-order chi connectivity index (χ1) is 9.60. The van der Waals surface area contributed by atoms with Gasteiger partial charge >= 0.3 is 0 Å². The summed E-state index contributed by atoms with van der Waals surface area (Å²) in [6.07, 6.45) is 2.56. The molecule has 20 heavy (non-hydrogen) atoms. The minimum atomic E-state index is 0.0831. The molecule has 0 bridgehead atoms. The van der Waals surface area contributed by atoms with Crippen LogP contribution in [0.2, 0.25) is 0 Å². The Kier molecular flexibility index (Phi) is 5.22. The molecule has 0 saturated carbocycles. The SMILES string of the molecule is CCC(CC)C(C)N1CCNC(C)(c2ccccc2)C1. The lowest BCUT2D eigenvalue weighted by Crippen LogP contribution is -2.59. The minimum absolute atomic E-state index is 0.0831. The number of nitrogens with one attached hydrogen (secondary N) is 1. The molecule has 112 valence electrons. The van der Waals surface area contributed by atoms with Gasteiger partial charge in [0, 0.05) is 25.7 Å². The number of piperazine rings is 1. The van der Waals surface area contributed by atoms with Crippen LogP contribution in [-0.4, -0.2) is 30.6 Å². The standard InChI is InChI=1S/C18H30N2/c1-5-16(6-2)15(3)20-13-12-19-18(4,14-20)17-10-8-7-9-11-17/h7-11,15-16,19H,5-6,12-14H2,1-4H3. The average molecular weight is 274 g/mol. The maximum Gasteiger partial charge on any atom is 0.0535 e. The van der Waals surface area contributed by atoms with E-state index in [0.717, 1.165) is 19.0 Å². The lowest BCUT2D eigenvalue weighted by molar-refractivity contribution is 0.0750. The molecule has 2 heteroatoms. The molecular formula is C18H30N2. The molecule has 1 heterocycles. The second-order valence-corrected chi connectivity index (χ2v) is 6.41. The van der Waals surface area contributed by atoms with Crippen LogP contribution in [0.15, 0.2) is 30.3 Å². The zero-order chi connectivity index (χ0) is 14.6. The van der Waals surface area contributed by atoms with Crippen molar-refractivity contribution in [2.45, 2.75) is 52.1 Å². The van der Waals surface area contributed by atoms with E-state index in [-0.39, 0.29) is 5.54 Å². The number of hydrogen-bond donors (Lipinski definition) is 1. The van der Waals surface area contributed by atoms with Crippen molar-refractivity contribution >= 4 is 0 Å². The number of rotatable bonds is 5. The topological polar surface area (TPSA) is 15.3 Å². The highest BCUT2D eigenvalue weighted by Crippen LogP contribution is 2.28. The van der Waals surface area contributed by atoms with Gasteiger partial charge in [0.15, 0.2) is 0 Å². The fourth-order valence-corrected chi connectivity index (χ4v) is 3.63. The fourth-order valence-electron chi connectivity index (χ4n) is 3.63. The monoisotopic (exact) mass is 274 g/mol. The Morgan fingerprint density at radius 3 is 2.45 bits per heavy atom. The van der Waals surface area contributed by atoms with E-state index in [1.807, 2.05) is 0 Å². The molecule has 0 spiro atoms. The summed E-state index contributed by atoms with van der Waals surface area (Å²) < 4.78 is 0. The third kappa shape index (κ3) is 3.24. The molecular weight excluding hydrogens is 244 g/mol. The molecule has 2 atom stereocenters. The quantitative estimate of drug-likeness (QED) is 0.882. The van der Waals surface area contributed by atoms with Crippen molar-refractivity contribution in [2.24, 2.45) is 5.92 Å². The lowest BCUT2D eigenvalue weighted by atomic mass is 9.87. The Hall–Kier alpha value is -0.860. The van der Waals surface area contributed by atoms with Gasteiger partial charge in [0.1, 0.15) is 0 Å². The van der Waals surface area contributed by atoms with Crippen molar-refractivity contribution in [1.82, 2.24) is 10.2 Å². The molecule has 2 rings (SSSR count). The first-order valence-electron chi connectivity index (χ1n) is 8.15. The predicted octanol–water partition coefficient (Wildman–Crippen LogP) is 3.63. The molecule has 1 aliphatic rings. The van der Waals surface area contributed by atoms with Crippen molar-refractivity contribution in [2.75, 3.05) is 19.6 Å². The summed E-state index contributed by atoms with van der Waals surface area (Å²) in [5.41, 5.74) is 1.49. The molecule has 1 saturated heterocycles. The first-order valence-corrected chi connectivity index (χ1v) is 8.15. The van der Waals surface area contributed by atoms with Gasteiger partial charge < -0.3 is 5.32 Å². The maximum absolute atomic E-state index is 3.73. The van der Waals surface area contributed by atoms with E-state index in [0.29, 0.717) is 6.04 Å². The number of benzene rings is 1. The molecule has 1 fully saturated rings. The van der Waals surface area contributed by atoms with Gasteiger partial charge in [0.2, 0.25) is 0 Å². The van der Waals surface area contributed by atoms with E-state index in [2.05, 4.69) is 68.2 Å². The summed E-state index contributed by atoms with van der Waals surface area (Å²) in [5, 5.41) is 3.73. The summed E-state index contributed by atoms with van der Waals surface area (Å²) in [5.74, 6) is 0.813. The van der Waals surface area contributed by atoms with E-state index in [4.69, 9.17) is 0 Å². The smallest absolute Gasteiger partial charge is 0.0535 e. The van der Waals surface area contributed by atoms with Crippen LogP contribution < -0.4 is 5.32 Å². The minimum Gasteiger partial charge on any atom is -0.305 e. The normalized spacial score (nSPS) is 25.9. The number of hydrogen-bond acceptors (Lipinski definition) is 2. The van der Waals surface area contributed by atoms with E-state index >= 15 is 0 Å². The highest BCUT2D eigenvalue weighted by molar-refractivity contribution is 5.25. The summed E-state index contributed by atoms with van der Waals surface area (Å²) in [6, 6.07) is 11.6. The van der Waals surface area contributed by atoms with Crippen molar-refractivity contribution < 1.29 is 0 Å². The average Bonchev–Trinajstić information content (AvgIpc) is 2.49. The molecule has 1 aromatic rings. The van der Waals surface area contributed by atoms with Crippen LogP contribution in [-0.2, 0) is 5.54 Å². The van der Waals surface area contributed by atoms with Crippen molar-refractivity contribution in [3.8, 4) is 0 Å². The number of nitrogens with zero attached hydrogens (tertiary/aromatic N) is 1.